The topological polar surface area (TPSA) is 52.7 Å². The van der Waals surface area contributed by atoms with Crippen LogP contribution in [0.1, 0.15) is 25.7 Å². The van der Waals surface area contributed by atoms with Gasteiger partial charge in [-0.2, -0.15) is 0 Å². The van der Waals surface area contributed by atoms with Crippen LogP contribution in [0.5, 0.6) is 0 Å². The zero-order chi connectivity index (χ0) is 20.4. The molecule has 0 atom stereocenters. The summed E-state index contributed by atoms with van der Waals surface area (Å²) in [5, 5.41) is 2.92. The van der Waals surface area contributed by atoms with Gasteiger partial charge in [0.2, 0.25) is 5.91 Å². The number of nitrogens with one attached hydrogen (secondary N) is 1. The average molecular weight is 395 g/mol. The molecule has 3 amide bonds. The van der Waals surface area contributed by atoms with Crippen LogP contribution in [0.2, 0.25) is 0 Å². The monoisotopic (exact) mass is 395 g/mol. The summed E-state index contributed by atoms with van der Waals surface area (Å²) in [6.07, 6.45) is 3.67. The normalized spacial score (nSPS) is 17.1. The lowest BCUT2D eigenvalue weighted by molar-refractivity contribution is -0.133. The second-order valence-corrected chi connectivity index (χ2v) is 7.96. The molecule has 0 spiro atoms. The van der Waals surface area contributed by atoms with Gasteiger partial charge >= 0.3 is 6.03 Å². The van der Waals surface area contributed by atoms with E-state index in [2.05, 4.69) is 5.32 Å². The van der Waals surface area contributed by atoms with E-state index in [9.17, 15) is 14.0 Å². The van der Waals surface area contributed by atoms with Crippen molar-refractivity contribution in [3.63, 3.8) is 0 Å². The quantitative estimate of drug-likeness (QED) is 0.836. The Balaban J connectivity index is 1.31. The smallest absolute Gasteiger partial charge is 0.321 e. The molecule has 0 bridgehead atoms. The zero-order valence-electron chi connectivity index (χ0n) is 16.6. The number of urea groups is 1. The van der Waals surface area contributed by atoms with Gasteiger partial charge in [0.25, 0.3) is 0 Å². The standard InChI is InChI=1S/C23H26FN3O2/c1-26(21-11-13-27(14-12-21)22(28)17-5-6-17)23(29)25-20-9-7-16(8-10-20)18-3-2-4-19(24)15-18/h2-4,7-10,15,17,21H,5-6,11-14H2,1H3,(H,25,29). The number of carbonyl (C=O) groups is 2. The Labute approximate surface area is 170 Å². The third-order valence-corrected chi connectivity index (χ3v) is 5.86. The molecule has 0 unspecified atom stereocenters. The van der Waals surface area contributed by atoms with Gasteiger partial charge in [0.15, 0.2) is 0 Å². The molecule has 29 heavy (non-hydrogen) atoms. The van der Waals surface area contributed by atoms with Gasteiger partial charge in [-0.05, 0) is 61.1 Å². The highest BCUT2D eigenvalue weighted by atomic mass is 19.1. The molecule has 1 heterocycles. The molecule has 1 aliphatic carbocycles. The van der Waals surface area contributed by atoms with Crippen LogP contribution in [0.25, 0.3) is 11.1 Å². The number of piperidine rings is 1. The maximum atomic E-state index is 13.4. The number of carbonyl (C=O) groups excluding carboxylic acids is 2. The van der Waals surface area contributed by atoms with E-state index in [1.165, 1.54) is 12.1 Å². The number of hydrogen-bond donors (Lipinski definition) is 1. The van der Waals surface area contributed by atoms with Gasteiger partial charge in [-0.1, -0.05) is 24.3 Å². The molecule has 4 rings (SSSR count). The Kier molecular flexibility index (Phi) is 5.51. The van der Waals surface area contributed by atoms with Crippen molar-refractivity contribution in [3.8, 4) is 11.1 Å². The highest BCUT2D eigenvalue weighted by Crippen LogP contribution is 2.32. The van der Waals surface area contributed by atoms with E-state index in [1.54, 1.807) is 18.0 Å². The third kappa shape index (κ3) is 4.58. The van der Waals surface area contributed by atoms with E-state index in [4.69, 9.17) is 0 Å². The largest absolute Gasteiger partial charge is 0.342 e. The maximum Gasteiger partial charge on any atom is 0.321 e. The summed E-state index contributed by atoms with van der Waals surface area (Å²) in [6, 6.07) is 13.8. The van der Waals surface area contributed by atoms with Crippen LogP contribution in [0.15, 0.2) is 48.5 Å². The second kappa shape index (κ2) is 8.23. The molecule has 152 valence electrons. The predicted molar refractivity (Wildman–Crippen MR) is 111 cm³/mol. The van der Waals surface area contributed by atoms with Crippen LogP contribution in [-0.2, 0) is 4.79 Å². The van der Waals surface area contributed by atoms with Gasteiger partial charge in [-0.3, -0.25) is 4.79 Å². The lowest BCUT2D eigenvalue weighted by atomic mass is 10.0. The molecule has 6 heteroatoms. The first-order chi connectivity index (χ1) is 14.0. The van der Waals surface area contributed by atoms with Crippen molar-refractivity contribution in [3.05, 3.63) is 54.3 Å². The van der Waals surface area contributed by atoms with E-state index in [0.717, 1.165) is 49.9 Å². The first-order valence-corrected chi connectivity index (χ1v) is 10.2. The fraction of sp³-hybridized carbons (Fsp3) is 0.391. The minimum Gasteiger partial charge on any atom is -0.342 e. The average Bonchev–Trinajstić information content (AvgIpc) is 3.59. The Morgan fingerprint density at radius 2 is 1.69 bits per heavy atom. The number of halogens is 1. The molecular weight excluding hydrogens is 369 g/mol. The summed E-state index contributed by atoms with van der Waals surface area (Å²) in [5.41, 5.74) is 2.39. The first-order valence-electron chi connectivity index (χ1n) is 10.2. The minimum absolute atomic E-state index is 0.129. The Morgan fingerprint density at radius 1 is 1.00 bits per heavy atom. The van der Waals surface area contributed by atoms with E-state index in [-0.39, 0.29) is 29.7 Å². The van der Waals surface area contributed by atoms with Gasteiger partial charge < -0.3 is 15.1 Å². The zero-order valence-corrected chi connectivity index (χ0v) is 16.6. The lowest BCUT2D eigenvalue weighted by Gasteiger charge is -2.36. The molecule has 0 radical (unpaired) electrons. The molecule has 2 aromatic carbocycles. The third-order valence-electron chi connectivity index (χ3n) is 5.86. The molecule has 5 nitrogen and oxygen atoms in total. The van der Waals surface area contributed by atoms with Gasteiger partial charge in [0.1, 0.15) is 5.82 Å². The van der Waals surface area contributed by atoms with Gasteiger partial charge in [0.05, 0.1) is 0 Å². The summed E-state index contributed by atoms with van der Waals surface area (Å²) in [5.74, 6) is 0.267. The first kappa shape index (κ1) is 19.4. The lowest BCUT2D eigenvalue weighted by Crippen LogP contribution is -2.48. The van der Waals surface area contributed by atoms with Crippen LogP contribution in [0.3, 0.4) is 0 Å². The number of nitrogens with zero attached hydrogens (tertiary/aromatic N) is 2. The number of likely N-dealkylation sites (tertiary alicyclic amines) is 1. The van der Waals surface area contributed by atoms with Crippen molar-refractivity contribution in [1.82, 2.24) is 9.80 Å². The fourth-order valence-corrected chi connectivity index (χ4v) is 3.85. The van der Waals surface area contributed by atoms with Crippen molar-refractivity contribution < 1.29 is 14.0 Å². The summed E-state index contributed by atoms with van der Waals surface area (Å²) >= 11 is 0. The van der Waals surface area contributed by atoms with Crippen LogP contribution < -0.4 is 5.32 Å². The summed E-state index contributed by atoms with van der Waals surface area (Å²) in [4.78, 5) is 28.5. The molecular formula is C23H26FN3O2. The summed E-state index contributed by atoms with van der Waals surface area (Å²) < 4.78 is 13.4. The SMILES string of the molecule is CN(C(=O)Nc1ccc(-c2cccc(F)c2)cc1)C1CCN(C(=O)C2CC2)CC1. The summed E-state index contributed by atoms with van der Waals surface area (Å²) in [6.45, 7) is 1.44. The molecule has 1 saturated heterocycles. The highest BCUT2D eigenvalue weighted by molar-refractivity contribution is 5.89. The number of amides is 3. The second-order valence-electron chi connectivity index (χ2n) is 7.96. The van der Waals surface area contributed by atoms with Crippen LogP contribution in [0, 0.1) is 11.7 Å². The van der Waals surface area contributed by atoms with Crippen LogP contribution in [0.4, 0.5) is 14.9 Å². The number of rotatable bonds is 4. The van der Waals surface area contributed by atoms with Crippen molar-refractivity contribution >= 4 is 17.6 Å². The number of hydrogen-bond acceptors (Lipinski definition) is 2. The molecule has 2 aliphatic rings. The van der Waals surface area contributed by atoms with Crippen molar-refractivity contribution in [2.75, 3.05) is 25.5 Å². The van der Waals surface area contributed by atoms with Crippen molar-refractivity contribution in [1.29, 1.82) is 0 Å². The van der Waals surface area contributed by atoms with Crippen molar-refractivity contribution in [2.45, 2.75) is 31.7 Å². The van der Waals surface area contributed by atoms with Gasteiger partial charge in [-0.25, -0.2) is 9.18 Å². The van der Waals surface area contributed by atoms with Gasteiger partial charge in [0, 0.05) is 37.8 Å². The molecule has 1 N–H and O–H groups in total. The van der Waals surface area contributed by atoms with Crippen molar-refractivity contribution in [2.24, 2.45) is 5.92 Å². The van der Waals surface area contributed by atoms with E-state index < -0.39 is 0 Å². The molecule has 2 fully saturated rings. The summed E-state index contributed by atoms with van der Waals surface area (Å²) in [7, 11) is 1.81. The van der Waals surface area contributed by atoms with E-state index in [1.807, 2.05) is 35.2 Å². The molecule has 2 aromatic rings. The highest BCUT2D eigenvalue weighted by Gasteiger charge is 2.35. The van der Waals surface area contributed by atoms with Gasteiger partial charge in [-0.15, -0.1) is 0 Å². The van der Waals surface area contributed by atoms with E-state index >= 15 is 0 Å². The fourth-order valence-electron chi connectivity index (χ4n) is 3.85. The maximum absolute atomic E-state index is 13.4. The Hall–Kier alpha value is -2.89. The predicted octanol–water partition coefficient (Wildman–Crippen LogP) is 4.36. The Bertz CT molecular complexity index is 887. The molecule has 1 saturated carbocycles. The minimum atomic E-state index is -0.272. The van der Waals surface area contributed by atoms with Crippen LogP contribution >= 0.6 is 0 Å². The number of anilines is 1. The number of benzene rings is 2. The van der Waals surface area contributed by atoms with Crippen LogP contribution in [-0.4, -0.2) is 47.9 Å². The molecule has 1 aliphatic heterocycles. The Morgan fingerprint density at radius 3 is 2.31 bits per heavy atom. The molecule has 0 aromatic heterocycles. The van der Waals surface area contributed by atoms with E-state index in [0.29, 0.717) is 5.69 Å².